The van der Waals surface area contributed by atoms with E-state index in [2.05, 4.69) is 20.5 Å². The van der Waals surface area contributed by atoms with Crippen molar-refractivity contribution >= 4 is 15.9 Å². The third-order valence-electron chi connectivity index (χ3n) is 3.61. The lowest BCUT2D eigenvalue weighted by Crippen LogP contribution is -2.45. The first-order valence-electron chi connectivity index (χ1n) is 7.43. The van der Waals surface area contributed by atoms with Crippen LogP contribution in [0.15, 0.2) is 21.1 Å². The van der Waals surface area contributed by atoms with E-state index in [9.17, 15) is 13.2 Å². The summed E-state index contributed by atoms with van der Waals surface area (Å²) < 4.78 is 31.9. The molecule has 128 valence electrons. The van der Waals surface area contributed by atoms with Crippen LogP contribution in [0.5, 0.6) is 0 Å². The minimum Gasteiger partial charge on any atom is -0.360 e. The highest BCUT2D eigenvalue weighted by Gasteiger charge is 2.28. The first-order valence-corrected chi connectivity index (χ1v) is 8.91. The Hall–Kier alpha value is -1.71. The topological polar surface area (TPSA) is 113 Å². The summed E-state index contributed by atoms with van der Waals surface area (Å²) in [5, 5.41) is 9.56. The molecule has 1 unspecified atom stereocenters. The van der Waals surface area contributed by atoms with Gasteiger partial charge in [0.2, 0.25) is 15.9 Å². The van der Waals surface area contributed by atoms with Gasteiger partial charge >= 0.3 is 0 Å². The van der Waals surface area contributed by atoms with Gasteiger partial charge in [-0.25, -0.2) is 8.42 Å². The normalized spacial score (nSPS) is 16.7. The van der Waals surface area contributed by atoms with Gasteiger partial charge in [-0.15, -0.1) is 0 Å². The number of nitrogens with one attached hydrogen (secondary N) is 3. The van der Waals surface area contributed by atoms with E-state index in [1.54, 1.807) is 6.92 Å². The Bertz CT molecular complexity index is 689. The molecule has 1 aliphatic heterocycles. The second-order valence-corrected chi connectivity index (χ2v) is 7.18. The van der Waals surface area contributed by atoms with Crippen LogP contribution in [-0.4, -0.2) is 45.2 Å². The van der Waals surface area contributed by atoms with E-state index in [1.807, 2.05) is 6.08 Å². The van der Waals surface area contributed by atoms with Crippen molar-refractivity contribution in [1.29, 1.82) is 0 Å². The molecule has 1 amide bonds. The lowest BCUT2D eigenvalue weighted by Gasteiger charge is -2.17. The minimum atomic E-state index is -3.86. The molecular formula is C14H22N4O4S. The average Bonchev–Trinajstić information content (AvgIpc) is 2.85. The van der Waals surface area contributed by atoms with Gasteiger partial charge in [-0.2, -0.15) is 4.72 Å². The van der Waals surface area contributed by atoms with Gasteiger partial charge in [-0.1, -0.05) is 16.8 Å². The molecule has 0 fully saturated rings. The molecule has 0 spiro atoms. The van der Waals surface area contributed by atoms with E-state index in [0.29, 0.717) is 6.54 Å². The zero-order valence-corrected chi connectivity index (χ0v) is 14.3. The summed E-state index contributed by atoms with van der Waals surface area (Å²) in [5.74, 6) is -0.178. The molecule has 1 aromatic rings. The van der Waals surface area contributed by atoms with Crippen LogP contribution in [0, 0.1) is 13.8 Å². The third-order valence-corrected chi connectivity index (χ3v) is 5.39. The van der Waals surface area contributed by atoms with E-state index in [1.165, 1.54) is 13.8 Å². The van der Waals surface area contributed by atoms with Gasteiger partial charge in [0.15, 0.2) is 5.76 Å². The number of amides is 1. The summed E-state index contributed by atoms with van der Waals surface area (Å²) in [6.07, 6.45) is 2.90. The lowest BCUT2D eigenvalue weighted by atomic mass is 10.1. The van der Waals surface area contributed by atoms with Crippen molar-refractivity contribution in [1.82, 2.24) is 20.5 Å². The van der Waals surface area contributed by atoms with E-state index >= 15 is 0 Å². The Morgan fingerprint density at radius 2 is 2.22 bits per heavy atom. The number of aromatic nitrogens is 1. The standard InChI is InChI=1S/C14H22N4O4S/c1-9-13(11(3)22-17-9)23(20,21)18-10(2)14(19)16-8-12-4-6-15-7-5-12/h4,10,15,18H,5-8H2,1-3H3,(H,16,19). The van der Waals surface area contributed by atoms with Gasteiger partial charge in [0.25, 0.3) is 0 Å². The van der Waals surface area contributed by atoms with Crippen LogP contribution in [0.2, 0.25) is 0 Å². The Morgan fingerprint density at radius 1 is 1.48 bits per heavy atom. The number of carbonyl (C=O) groups is 1. The number of hydrogen-bond acceptors (Lipinski definition) is 6. The number of aryl methyl sites for hydroxylation is 2. The van der Waals surface area contributed by atoms with Crippen molar-refractivity contribution in [2.24, 2.45) is 0 Å². The van der Waals surface area contributed by atoms with Gasteiger partial charge in [-0.3, -0.25) is 4.79 Å². The molecule has 0 aliphatic carbocycles. The average molecular weight is 342 g/mol. The number of hydrogen-bond donors (Lipinski definition) is 3. The van der Waals surface area contributed by atoms with Gasteiger partial charge < -0.3 is 15.2 Å². The van der Waals surface area contributed by atoms with Crippen LogP contribution >= 0.6 is 0 Å². The Morgan fingerprint density at radius 3 is 2.78 bits per heavy atom. The van der Waals surface area contributed by atoms with Gasteiger partial charge in [0.1, 0.15) is 10.6 Å². The first-order chi connectivity index (χ1) is 10.8. The SMILES string of the molecule is Cc1noc(C)c1S(=O)(=O)NC(C)C(=O)NCC1=CCNCC1. The van der Waals surface area contributed by atoms with Crippen LogP contribution in [0.4, 0.5) is 0 Å². The summed E-state index contributed by atoms with van der Waals surface area (Å²) in [6.45, 7) is 6.66. The molecule has 1 atom stereocenters. The maximum atomic E-state index is 12.3. The molecule has 9 heteroatoms. The lowest BCUT2D eigenvalue weighted by molar-refractivity contribution is -0.122. The molecule has 1 aromatic heterocycles. The first kappa shape index (κ1) is 17.6. The summed E-state index contributed by atoms with van der Waals surface area (Å²) >= 11 is 0. The number of sulfonamides is 1. The van der Waals surface area contributed by atoms with Crippen molar-refractivity contribution in [2.75, 3.05) is 19.6 Å². The molecule has 0 saturated heterocycles. The van der Waals surface area contributed by atoms with Crippen molar-refractivity contribution in [3.63, 3.8) is 0 Å². The maximum absolute atomic E-state index is 12.3. The van der Waals surface area contributed by atoms with Crippen molar-refractivity contribution < 1.29 is 17.7 Å². The summed E-state index contributed by atoms with van der Waals surface area (Å²) in [6, 6.07) is -0.893. The van der Waals surface area contributed by atoms with Gasteiger partial charge in [0.05, 0.1) is 6.04 Å². The highest BCUT2D eigenvalue weighted by atomic mass is 32.2. The highest BCUT2D eigenvalue weighted by molar-refractivity contribution is 7.89. The van der Waals surface area contributed by atoms with Crippen LogP contribution in [0.25, 0.3) is 0 Å². The third kappa shape index (κ3) is 4.40. The van der Waals surface area contributed by atoms with Crippen molar-refractivity contribution in [3.05, 3.63) is 23.1 Å². The van der Waals surface area contributed by atoms with Crippen LogP contribution in [-0.2, 0) is 14.8 Å². The van der Waals surface area contributed by atoms with E-state index in [0.717, 1.165) is 25.1 Å². The largest absolute Gasteiger partial charge is 0.360 e. The molecule has 2 heterocycles. The molecule has 3 N–H and O–H groups in total. The Balaban J connectivity index is 1.96. The zero-order valence-electron chi connectivity index (χ0n) is 13.5. The fraction of sp³-hybridized carbons (Fsp3) is 0.571. The van der Waals surface area contributed by atoms with Crippen molar-refractivity contribution in [2.45, 2.75) is 38.1 Å². The molecule has 8 nitrogen and oxygen atoms in total. The fourth-order valence-electron chi connectivity index (χ4n) is 2.39. The fourth-order valence-corrected chi connectivity index (χ4v) is 3.92. The van der Waals surface area contributed by atoms with Gasteiger partial charge in [-0.05, 0) is 33.7 Å². The minimum absolute atomic E-state index is 0.0155. The smallest absolute Gasteiger partial charge is 0.246 e. The number of nitrogens with zero attached hydrogens (tertiary/aromatic N) is 1. The maximum Gasteiger partial charge on any atom is 0.246 e. The Kier molecular flexibility index (Phi) is 5.55. The van der Waals surface area contributed by atoms with Crippen LogP contribution in [0.3, 0.4) is 0 Å². The quantitative estimate of drug-likeness (QED) is 0.627. The monoisotopic (exact) mass is 342 g/mol. The predicted octanol–water partition coefficient (Wildman–Crippen LogP) is -0.00586. The Labute approximate surface area is 135 Å². The zero-order chi connectivity index (χ0) is 17.0. The second-order valence-electron chi connectivity index (χ2n) is 5.53. The molecule has 0 bridgehead atoms. The summed E-state index contributed by atoms with van der Waals surface area (Å²) in [7, 11) is -3.86. The molecule has 0 radical (unpaired) electrons. The molecular weight excluding hydrogens is 320 g/mol. The molecule has 2 rings (SSSR count). The number of carbonyl (C=O) groups excluding carboxylic acids is 1. The van der Waals surface area contributed by atoms with E-state index in [4.69, 9.17) is 4.52 Å². The highest BCUT2D eigenvalue weighted by Crippen LogP contribution is 2.18. The van der Waals surface area contributed by atoms with Crippen LogP contribution in [0.1, 0.15) is 24.8 Å². The van der Waals surface area contributed by atoms with Crippen molar-refractivity contribution in [3.8, 4) is 0 Å². The molecule has 23 heavy (non-hydrogen) atoms. The summed E-state index contributed by atoms with van der Waals surface area (Å²) in [4.78, 5) is 12.1. The molecule has 1 aliphatic rings. The van der Waals surface area contributed by atoms with Gasteiger partial charge in [0, 0.05) is 13.1 Å². The summed E-state index contributed by atoms with van der Waals surface area (Å²) in [5.41, 5.74) is 1.40. The van der Waals surface area contributed by atoms with E-state index < -0.39 is 16.1 Å². The predicted molar refractivity (Wildman–Crippen MR) is 84.3 cm³/mol. The number of rotatable bonds is 6. The van der Waals surface area contributed by atoms with E-state index in [-0.39, 0.29) is 22.3 Å². The molecule has 0 aromatic carbocycles. The molecule has 0 saturated carbocycles. The van der Waals surface area contributed by atoms with Crippen LogP contribution < -0.4 is 15.4 Å². The second kappa shape index (κ2) is 7.24.